The van der Waals surface area contributed by atoms with Crippen molar-refractivity contribution in [1.82, 2.24) is 4.31 Å². The van der Waals surface area contributed by atoms with Gasteiger partial charge in [-0.15, -0.1) is 11.3 Å². The molecule has 1 N–H and O–H groups in total. The van der Waals surface area contributed by atoms with E-state index in [2.05, 4.69) is 5.32 Å². The highest BCUT2D eigenvalue weighted by molar-refractivity contribution is 7.89. The lowest BCUT2D eigenvalue weighted by atomic mass is 10.2. The number of hydrogen-bond donors (Lipinski definition) is 1. The van der Waals surface area contributed by atoms with Crippen molar-refractivity contribution in [3.8, 4) is 0 Å². The van der Waals surface area contributed by atoms with Gasteiger partial charge in [-0.25, -0.2) is 17.1 Å². The average Bonchev–Trinajstić information content (AvgIpc) is 3.20. The molecule has 0 spiro atoms. The first-order chi connectivity index (χ1) is 13.4. The van der Waals surface area contributed by atoms with Gasteiger partial charge in [-0.05, 0) is 42.3 Å². The van der Waals surface area contributed by atoms with Crippen molar-refractivity contribution in [1.29, 1.82) is 0 Å². The van der Waals surface area contributed by atoms with E-state index in [0.717, 1.165) is 16.9 Å². The Balaban J connectivity index is 1.67. The van der Waals surface area contributed by atoms with Crippen LogP contribution in [-0.4, -0.2) is 32.2 Å². The predicted octanol–water partition coefficient (Wildman–Crippen LogP) is 4.00. The van der Waals surface area contributed by atoms with Crippen LogP contribution in [0.15, 0.2) is 70.9 Å². The first-order valence-corrected chi connectivity index (χ1v) is 10.8. The quantitative estimate of drug-likeness (QED) is 0.631. The monoisotopic (exact) mass is 418 g/mol. The SMILES string of the molecule is CN(CCc1ccccc1)S(=O)(=O)c1csc(C(=O)Nc2ccc(F)cc2)c1. The molecule has 0 bridgehead atoms. The van der Waals surface area contributed by atoms with Crippen LogP contribution in [-0.2, 0) is 16.4 Å². The maximum Gasteiger partial charge on any atom is 0.265 e. The summed E-state index contributed by atoms with van der Waals surface area (Å²) in [5.41, 5.74) is 1.48. The second-order valence-corrected chi connectivity index (χ2v) is 9.13. The number of halogens is 1. The molecular weight excluding hydrogens is 399 g/mol. The van der Waals surface area contributed by atoms with E-state index in [-0.39, 0.29) is 9.77 Å². The molecule has 0 unspecified atom stereocenters. The third-order valence-corrected chi connectivity index (χ3v) is 7.08. The molecule has 0 saturated carbocycles. The number of benzene rings is 2. The standard InChI is InChI=1S/C20H19FN2O3S2/c1-23(12-11-15-5-3-2-4-6-15)28(25,26)18-13-19(27-14-18)20(24)22-17-9-7-16(21)8-10-17/h2-10,13-14H,11-12H2,1H3,(H,22,24). The third kappa shape index (κ3) is 4.83. The summed E-state index contributed by atoms with van der Waals surface area (Å²) in [5.74, 6) is -0.842. The topological polar surface area (TPSA) is 66.5 Å². The van der Waals surface area contributed by atoms with Crippen LogP contribution in [0.3, 0.4) is 0 Å². The predicted molar refractivity (Wildman–Crippen MR) is 109 cm³/mol. The lowest BCUT2D eigenvalue weighted by molar-refractivity contribution is 0.103. The number of amides is 1. The number of nitrogens with zero attached hydrogens (tertiary/aromatic N) is 1. The van der Waals surface area contributed by atoms with E-state index in [4.69, 9.17) is 0 Å². The molecule has 1 amide bonds. The van der Waals surface area contributed by atoms with Gasteiger partial charge in [0.2, 0.25) is 10.0 Å². The first-order valence-electron chi connectivity index (χ1n) is 8.52. The van der Waals surface area contributed by atoms with Crippen molar-refractivity contribution in [3.05, 3.63) is 82.3 Å². The molecule has 1 aromatic heterocycles. The van der Waals surface area contributed by atoms with Gasteiger partial charge in [0, 0.05) is 24.7 Å². The molecule has 3 rings (SSSR count). The maximum absolute atomic E-state index is 12.9. The molecule has 0 saturated heterocycles. The van der Waals surface area contributed by atoms with Crippen molar-refractivity contribution < 1.29 is 17.6 Å². The van der Waals surface area contributed by atoms with Gasteiger partial charge < -0.3 is 5.32 Å². The van der Waals surface area contributed by atoms with Crippen molar-refractivity contribution >= 4 is 33.0 Å². The van der Waals surface area contributed by atoms with Gasteiger partial charge in [-0.2, -0.15) is 0 Å². The fraction of sp³-hybridized carbons (Fsp3) is 0.150. The van der Waals surface area contributed by atoms with Crippen LogP contribution >= 0.6 is 11.3 Å². The Labute approximate surface area is 167 Å². The van der Waals surface area contributed by atoms with E-state index in [9.17, 15) is 17.6 Å². The van der Waals surface area contributed by atoms with Gasteiger partial charge >= 0.3 is 0 Å². The zero-order valence-electron chi connectivity index (χ0n) is 15.1. The first kappa shape index (κ1) is 20.2. The normalized spacial score (nSPS) is 11.5. The summed E-state index contributed by atoms with van der Waals surface area (Å²) in [7, 11) is -2.16. The van der Waals surface area contributed by atoms with Crippen molar-refractivity contribution in [2.24, 2.45) is 0 Å². The molecule has 5 nitrogen and oxygen atoms in total. The minimum Gasteiger partial charge on any atom is -0.321 e. The number of sulfonamides is 1. The molecule has 146 valence electrons. The number of rotatable bonds is 7. The zero-order chi connectivity index (χ0) is 20.1. The summed E-state index contributed by atoms with van der Waals surface area (Å²) in [6, 6.07) is 16.3. The summed E-state index contributed by atoms with van der Waals surface area (Å²) in [6.45, 7) is 0.333. The Hall–Kier alpha value is -2.55. The second-order valence-electron chi connectivity index (χ2n) is 6.17. The highest BCUT2D eigenvalue weighted by atomic mass is 32.2. The third-order valence-electron chi connectivity index (χ3n) is 4.17. The molecular formula is C20H19FN2O3S2. The van der Waals surface area contributed by atoms with Crippen LogP contribution in [0.5, 0.6) is 0 Å². The molecule has 0 aliphatic rings. The van der Waals surface area contributed by atoms with Crippen molar-refractivity contribution in [2.45, 2.75) is 11.3 Å². The molecule has 0 radical (unpaired) electrons. The van der Waals surface area contributed by atoms with Crippen LogP contribution in [0, 0.1) is 5.82 Å². The smallest absolute Gasteiger partial charge is 0.265 e. The number of nitrogens with one attached hydrogen (secondary N) is 1. The van der Waals surface area contributed by atoms with Gasteiger partial charge in [0.1, 0.15) is 5.82 Å². The molecule has 0 aliphatic carbocycles. The summed E-state index contributed by atoms with van der Waals surface area (Å²) in [4.78, 5) is 12.7. The lowest BCUT2D eigenvalue weighted by Gasteiger charge is -2.16. The molecule has 8 heteroatoms. The highest BCUT2D eigenvalue weighted by Gasteiger charge is 2.23. The number of carbonyl (C=O) groups is 1. The summed E-state index contributed by atoms with van der Waals surface area (Å²) < 4.78 is 39.7. The number of hydrogen-bond acceptors (Lipinski definition) is 4. The number of thiophene rings is 1. The maximum atomic E-state index is 12.9. The molecule has 0 fully saturated rings. The Morgan fingerprint density at radius 2 is 1.79 bits per heavy atom. The average molecular weight is 419 g/mol. The van der Waals surface area contributed by atoms with Crippen LogP contribution < -0.4 is 5.32 Å². The van der Waals surface area contributed by atoms with Gasteiger partial charge in [-0.1, -0.05) is 30.3 Å². The summed E-state index contributed by atoms with van der Waals surface area (Å²) in [5, 5.41) is 4.07. The highest BCUT2D eigenvalue weighted by Crippen LogP contribution is 2.23. The zero-order valence-corrected chi connectivity index (χ0v) is 16.8. The van der Waals surface area contributed by atoms with Crippen LogP contribution in [0.25, 0.3) is 0 Å². The van der Waals surface area contributed by atoms with Gasteiger partial charge in [0.15, 0.2) is 0 Å². The minimum absolute atomic E-state index is 0.0808. The number of likely N-dealkylation sites (N-methyl/N-ethyl adjacent to an activating group) is 1. The molecule has 3 aromatic rings. The van der Waals surface area contributed by atoms with Crippen LogP contribution in [0.1, 0.15) is 15.2 Å². The molecule has 2 aromatic carbocycles. The summed E-state index contributed by atoms with van der Waals surface area (Å²) in [6.07, 6.45) is 0.596. The Morgan fingerprint density at radius 3 is 2.46 bits per heavy atom. The Bertz CT molecular complexity index is 1050. The fourth-order valence-corrected chi connectivity index (χ4v) is 4.86. The number of carbonyl (C=O) groups excluding carboxylic acids is 1. The van der Waals surface area contributed by atoms with Crippen molar-refractivity contribution in [3.63, 3.8) is 0 Å². The van der Waals surface area contributed by atoms with Crippen molar-refractivity contribution in [2.75, 3.05) is 18.9 Å². The van der Waals surface area contributed by atoms with E-state index in [1.807, 2.05) is 30.3 Å². The van der Waals surface area contributed by atoms with Gasteiger partial charge in [-0.3, -0.25) is 4.79 Å². The number of anilines is 1. The molecule has 0 atom stereocenters. The lowest BCUT2D eigenvalue weighted by Crippen LogP contribution is -2.28. The fourth-order valence-electron chi connectivity index (χ4n) is 2.53. The van der Waals surface area contributed by atoms with Crippen LogP contribution in [0.4, 0.5) is 10.1 Å². The van der Waals surface area contributed by atoms with Crippen LogP contribution in [0.2, 0.25) is 0 Å². The van der Waals surface area contributed by atoms with Gasteiger partial charge in [0.25, 0.3) is 5.91 Å². The van der Waals surface area contributed by atoms with E-state index < -0.39 is 21.7 Å². The van der Waals surface area contributed by atoms with E-state index >= 15 is 0 Å². The molecule has 28 heavy (non-hydrogen) atoms. The Morgan fingerprint density at radius 1 is 1.11 bits per heavy atom. The second kappa shape index (κ2) is 8.64. The molecule has 1 heterocycles. The largest absolute Gasteiger partial charge is 0.321 e. The molecule has 0 aliphatic heterocycles. The van der Waals surface area contributed by atoms with Gasteiger partial charge in [0.05, 0.1) is 9.77 Å². The Kier molecular flexibility index (Phi) is 6.23. The van der Waals surface area contributed by atoms with E-state index in [1.165, 1.54) is 47.1 Å². The summed E-state index contributed by atoms with van der Waals surface area (Å²) >= 11 is 1.05. The van der Waals surface area contributed by atoms with E-state index in [1.54, 1.807) is 0 Å². The van der Waals surface area contributed by atoms with E-state index in [0.29, 0.717) is 18.7 Å². The minimum atomic E-state index is -3.69.